The minimum absolute atomic E-state index is 0.0719. The number of hydrogen-bond acceptors (Lipinski definition) is 2. The van der Waals surface area contributed by atoms with Gasteiger partial charge in [-0.15, -0.1) is 0 Å². The molecule has 0 fully saturated rings. The lowest BCUT2D eigenvalue weighted by atomic mass is 9.92. The molecule has 0 radical (unpaired) electrons. The SMILES string of the molecule is O=C1Cc2ccccc2C2CN=C(c3ccccc3)N12. The van der Waals surface area contributed by atoms with E-state index < -0.39 is 0 Å². The highest BCUT2D eigenvalue weighted by atomic mass is 16.2. The van der Waals surface area contributed by atoms with Crippen LogP contribution in [0.1, 0.15) is 22.7 Å². The zero-order valence-corrected chi connectivity index (χ0v) is 11.0. The van der Waals surface area contributed by atoms with Crippen LogP contribution in [-0.2, 0) is 11.2 Å². The van der Waals surface area contributed by atoms with Crippen LogP contribution in [0.4, 0.5) is 0 Å². The zero-order chi connectivity index (χ0) is 13.5. The summed E-state index contributed by atoms with van der Waals surface area (Å²) in [6, 6.07) is 18.2. The molecule has 2 aromatic carbocycles. The first kappa shape index (κ1) is 11.4. The lowest BCUT2D eigenvalue weighted by Crippen LogP contribution is -2.41. The second kappa shape index (κ2) is 4.30. The third kappa shape index (κ3) is 1.59. The van der Waals surface area contributed by atoms with Gasteiger partial charge in [-0.3, -0.25) is 14.7 Å². The van der Waals surface area contributed by atoms with Crippen molar-refractivity contribution in [2.24, 2.45) is 4.99 Å². The van der Waals surface area contributed by atoms with Crippen molar-refractivity contribution in [1.29, 1.82) is 0 Å². The molecule has 3 heteroatoms. The number of rotatable bonds is 1. The van der Waals surface area contributed by atoms with Gasteiger partial charge in [0.15, 0.2) is 0 Å². The zero-order valence-electron chi connectivity index (χ0n) is 11.0. The number of carbonyl (C=O) groups is 1. The summed E-state index contributed by atoms with van der Waals surface area (Å²) >= 11 is 0. The van der Waals surface area contributed by atoms with E-state index in [2.05, 4.69) is 11.1 Å². The van der Waals surface area contributed by atoms with Crippen molar-refractivity contribution in [3.05, 3.63) is 71.3 Å². The molecular weight excluding hydrogens is 248 g/mol. The minimum atomic E-state index is 0.0719. The van der Waals surface area contributed by atoms with Gasteiger partial charge >= 0.3 is 0 Å². The number of amides is 1. The third-order valence-electron chi connectivity index (χ3n) is 4.01. The van der Waals surface area contributed by atoms with Gasteiger partial charge in [0, 0.05) is 5.56 Å². The van der Waals surface area contributed by atoms with Crippen LogP contribution in [0.25, 0.3) is 0 Å². The number of benzene rings is 2. The Hall–Kier alpha value is -2.42. The predicted molar refractivity (Wildman–Crippen MR) is 77.6 cm³/mol. The second-order valence-electron chi connectivity index (χ2n) is 5.19. The summed E-state index contributed by atoms with van der Waals surface area (Å²) in [6.45, 7) is 0.660. The van der Waals surface area contributed by atoms with Crippen LogP contribution in [0.15, 0.2) is 59.6 Å². The highest BCUT2D eigenvalue weighted by molar-refractivity contribution is 6.10. The Morgan fingerprint density at radius 3 is 2.60 bits per heavy atom. The van der Waals surface area contributed by atoms with E-state index in [1.165, 1.54) is 5.56 Å². The van der Waals surface area contributed by atoms with E-state index in [1.54, 1.807) is 0 Å². The summed E-state index contributed by atoms with van der Waals surface area (Å²) in [5.41, 5.74) is 3.40. The molecule has 0 aliphatic carbocycles. The fourth-order valence-corrected chi connectivity index (χ4v) is 3.09. The van der Waals surface area contributed by atoms with E-state index in [0.29, 0.717) is 13.0 Å². The standard InChI is InChI=1S/C17H14N2O/c20-16-10-13-8-4-5-9-14(13)15-11-18-17(19(15)16)12-6-2-1-3-7-12/h1-9,15H,10-11H2. The van der Waals surface area contributed by atoms with Crippen molar-refractivity contribution < 1.29 is 4.79 Å². The van der Waals surface area contributed by atoms with Gasteiger partial charge < -0.3 is 0 Å². The van der Waals surface area contributed by atoms with Gasteiger partial charge in [0.2, 0.25) is 5.91 Å². The summed E-state index contributed by atoms with van der Waals surface area (Å²) in [5.74, 6) is 0.962. The Bertz CT molecular complexity index is 706. The van der Waals surface area contributed by atoms with Crippen molar-refractivity contribution >= 4 is 11.7 Å². The maximum absolute atomic E-state index is 12.5. The summed E-state index contributed by atoms with van der Waals surface area (Å²) in [5, 5.41) is 0. The Labute approximate surface area is 117 Å². The molecular formula is C17H14N2O. The van der Waals surface area contributed by atoms with E-state index >= 15 is 0 Å². The van der Waals surface area contributed by atoms with Crippen LogP contribution >= 0.6 is 0 Å². The van der Waals surface area contributed by atoms with Gasteiger partial charge in [-0.2, -0.15) is 0 Å². The molecule has 0 spiro atoms. The van der Waals surface area contributed by atoms with E-state index in [9.17, 15) is 4.79 Å². The highest BCUT2D eigenvalue weighted by Crippen LogP contribution is 2.35. The summed E-state index contributed by atoms with van der Waals surface area (Å²) < 4.78 is 0. The lowest BCUT2D eigenvalue weighted by molar-refractivity contribution is -0.128. The van der Waals surface area contributed by atoms with Crippen LogP contribution < -0.4 is 0 Å². The molecule has 0 saturated carbocycles. The molecule has 3 nitrogen and oxygen atoms in total. The molecule has 2 aliphatic heterocycles. The first-order valence-electron chi connectivity index (χ1n) is 6.84. The smallest absolute Gasteiger partial charge is 0.233 e. The van der Waals surface area contributed by atoms with Gasteiger partial charge in [0.05, 0.1) is 19.0 Å². The van der Waals surface area contributed by atoms with E-state index in [4.69, 9.17) is 0 Å². The molecule has 0 N–H and O–H groups in total. The average molecular weight is 262 g/mol. The van der Waals surface area contributed by atoms with Gasteiger partial charge in [-0.05, 0) is 11.1 Å². The van der Waals surface area contributed by atoms with Crippen LogP contribution in [0.3, 0.4) is 0 Å². The number of hydrogen-bond donors (Lipinski definition) is 0. The first-order valence-corrected chi connectivity index (χ1v) is 6.84. The normalized spacial score (nSPS) is 20.4. The number of fused-ring (bicyclic) bond motifs is 3. The van der Waals surface area contributed by atoms with Crippen LogP contribution in [0, 0.1) is 0 Å². The molecule has 1 unspecified atom stereocenters. The minimum Gasteiger partial charge on any atom is -0.287 e. The molecule has 98 valence electrons. The molecule has 0 saturated heterocycles. The molecule has 0 aromatic heterocycles. The maximum Gasteiger partial charge on any atom is 0.233 e. The molecule has 4 rings (SSSR count). The Kier molecular flexibility index (Phi) is 2.46. The molecule has 1 atom stereocenters. The summed E-state index contributed by atoms with van der Waals surface area (Å²) in [6.07, 6.45) is 0.471. The van der Waals surface area contributed by atoms with E-state index in [-0.39, 0.29) is 11.9 Å². The fraction of sp³-hybridized carbons (Fsp3) is 0.176. The molecule has 2 heterocycles. The second-order valence-corrected chi connectivity index (χ2v) is 5.19. The molecule has 2 aromatic rings. The Balaban J connectivity index is 1.78. The molecule has 2 aliphatic rings. The third-order valence-corrected chi connectivity index (χ3v) is 4.01. The molecule has 20 heavy (non-hydrogen) atoms. The Morgan fingerprint density at radius 1 is 1.00 bits per heavy atom. The number of amidine groups is 1. The highest BCUT2D eigenvalue weighted by Gasteiger charge is 2.38. The number of carbonyl (C=O) groups excluding carboxylic acids is 1. The van der Waals surface area contributed by atoms with E-state index in [0.717, 1.165) is 17.0 Å². The van der Waals surface area contributed by atoms with Crippen molar-refractivity contribution in [3.63, 3.8) is 0 Å². The van der Waals surface area contributed by atoms with Crippen molar-refractivity contribution in [2.75, 3.05) is 6.54 Å². The maximum atomic E-state index is 12.5. The Morgan fingerprint density at radius 2 is 1.75 bits per heavy atom. The van der Waals surface area contributed by atoms with Crippen LogP contribution in [-0.4, -0.2) is 23.2 Å². The quantitative estimate of drug-likeness (QED) is 0.777. The van der Waals surface area contributed by atoms with Gasteiger partial charge in [-0.1, -0.05) is 54.6 Å². The summed E-state index contributed by atoms with van der Waals surface area (Å²) in [4.78, 5) is 19.0. The number of nitrogens with zero attached hydrogens (tertiary/aromatic N) is 2. The van der Waals surface area contributed by atoms with Crippen LogP contribution in [0.5, 0.6) is 0 Å². The topological polar surface area (TPSA) is 32.7 Å². The van der Waals surface area contributed by atoms with Gasteiger partial charge in [-0.25, -0.2) is 0 Å². The molecule has 1 amide bonds. The lowest BCUT2D eigenvalue weighted by Gasteiger charge is -2.32. The van der Waals surface area contributed by atoms with Gasteiger partial charge in [0.25, 0.3) is 0 Å². The first-order chi connectivity index (χ1) is 9.84. The fourth-order valence-electron chi connectivity index (χ4n) is 3.09. The van der Waals surface area contributed by atoms with Crippen LogP contribution in [0.2, 0.25) is 0 Å². The monoisotopic (exact) mass is 262 g/mol. The largest absolute Gasteiger partial charge is 0.287 e. The summed E-state index contributed by atoms with van der Waals surface area (Å²) in [7, 11) is 0. The van der Waals surface area contributed by atoms with Crippen molar-refractivity contribution in [3.8, 4) is 0 Å². The predicted octanol–water partition coefficient (Wildman–Crippen LogP) is 2.57. The van der Waals surface area contributed by atoms with E-state index in [1.807, 2.05) is 53.4 Å². The number of aliphatic imine (C=N–C) groups is 1. The average Bonchev–Trinajstić information content (AvgIpc) is 2.94. The van der Waals surface area contributed by atoms with Gasteiger partial charge in [0.1, 0.15) is 5.84 Å². The molecule has 0 bridgehead atoms. The van der Waals surface area contributed by atoms with Crippen molar-refractivity contribution in [1.82, 2.24) is 4.90 Å². The van der Waals surface area contributed by atoms with Crippen molar-refractivity contribution in [2.45, 2.75) is 12.5 Å².